The lowest BCUT2D eigenvalue weighted by Gasteiger charge is -2.13. The van der Waals surface area contributed by atoms with Gasteiger partial charge in [0.1, 0.15) is 5.65 Å². The molecule has 17 heavy (non-hydrogen) atoms. The van der Waals surface area contributed by atoms with Gasteiger partial charge < -0.3 is 15.3 Å². The zero-order valence-electron chi connectivity index (χ0n) is 10.2. The molecule has 0 spiro atoms. The van der Waals surface area contributed by atoms with Crippen molar-refractivity contribution in [3.05, 3.63) is 35.8 Å². The van der Waals surface area contributed by atoms with Crippen molar-refractivity contribution in [2.75, 3.05) is 0 Å². The average Bonchev–Trinajstić information content (AvgIpc) is 2.71. The van der Waals surface area contributed by atoms with E-state index in [1.165, 1.54) is 0 Å². The van der Waals surface area contributed by atoms with Crippen LogP contribution < -0.4 is 5.73 Å². The van der Waals surface area contributed by atoms with Crippen LogP contribution in [-0.4, -0.2) is 20.4 Å². The lowest BCUT2D eigenvalue weighted by atomic mass is 9.93. The number of fused-ring (bicyclic) bond motifs is 1. The van der Waals surface area contributed by atoms with Gasteiger partial charge in [0.15, 0.2) is 5.84 Å². The van der Waals surface area contributed by atoms with Gasteiger partial charge in [-0.15, -0.1) is 0 Å². The Morgan fingerprint density at radius 3 is 2.76 bits per heavy atom. The van der Waals surface area contributed by atoms with Crippen molar-refractivity contribution in [3.8, 4) is 0 Å². The second-order valence-electron chi connectivity index (χ2n) is 5.01. The van der Waals surface area contributed by atoms with Gasteiger partial charge in [0.05, 0.1) is 11.3 Å². The minimum atomic E-state index is -0.0333. The molecule has 3 N–H and O–H groups in total. The first-order valence-electron chi connectivity index (χ1n) is 5.39. The number of hydrogen-bond acceptors (Lipinski definition) is 3. The number of oxime groups is 1. The summed E-state index contributed by atoms with van der Waals surface area (Å²) >= 11 is 0. The molecule has 2 aromatic rings. The summed E-state index contributed by atoms with van der Waals surface area (Å²) in [5.41, 5.74) is 7.89. The zero-order chi connectivity index (χ0) is 12.6. The molecular formula is C12H16N4O. The molecule has 0 aliphatic heterocycles. The van der Waals surface area contributed by atoms with Crippen LogP contribution >= 0.6 is 0 Å². The van der Waals surface area contributed by atoms with E-state index in [1.807, 2.05) is 22.9 Å². The average molecular weight is 232 g/mol. The van der Waals surface area contributed by atoms with Crippen LogP contribution in [0.1, 0.15) is 32.0 Å². The van der Waals surface area contributed by atoms with E-state index in [9.17, 15) is 0 Å². The highest BCUT2D eigenvalue weighted by atomic mass is 16.4. The number of pyridine rings is 1. The first kappa shape index (κ1) is 11.4. The molecule has 0 amide bonds. The Bertz CT molecular complexity index is 578. The third-order valence-electron chi connectivity index (χ3n) is 2.63. The summed E-state index contributed by atoms with van der Waals surface area (Å²) in [6, 6.07) is 3.62. The van der Waals surface area contributed by atoms with Crippen LogP contribution in [0.4, 0.5) is 0 Å². The van der Waals surface area contributed by atoms with Crippen molar-refractivity contribution in [3.63, 3.8) is 0 Å². The van der Waals surface area contributed by atoms with Gasteiger partial charge in [-0.25, -0.2) is 4.98 Å². The van der Waals surface area contributed by atoms with Crippen molar-refractivity contribution in [2.24, 2.45) is 10.9 Å². The van der Waals surface area contributed by atoms with Crippen molar-refractivity contribution in [1.29, 1.82) is 0 Å². The van der Waals surface area contributed by atoms with Crippen LogP contribution in [0.5, 0.6) is 0 Å². The fourth-order valence-corrected chi connectivity index (χ4v) is 1.63. The normalized spacial score (nSPS) is 13.2. The maximum absolute atomic E-state index is 8.74. The lowest BCUT2D eigenvalue weighted by Crippen LogP contribution is -2.14. The lowest BCUT2D eigenvalue weighted by molar-refractivity contribution is 0.318. The molecule has 2 heterocycles. The minimum Gasteiger partial charge on any atom is -0.409 e. The Labute approximate surface area is 99.6 Å². The number of nitrogens with two attached hydrogens (primary N) is 1. The largest absolute Gasteiger partial charge is 0.409 e. The van der Waals surface area contributed by atoms with Gasteiger partial charge in [-0.3, -0.25) is 0 Å². The molecule has 0 fully saturated rings. The summed E-state index contributed by atoms with van der Waals surface area (Å²) in [7, 11) is 0. The van der Waals surface area contributed by atoms with Gasteiger partial charge in [0.25, 0.3) is 0 Å². The molecule has 0 unspecified atom stereocenters. The first-order valence-corrected chi connectivity index (χ1v) is 5.39. The summed E-state index contributed by atoms with van der Waals surface area (Å²) in [6.45, 7) is 6.29. The molecule has 0 aliphatic rings. The summed E-state index contributed by atoms with van der Waals surface area (Å²) in [5.74, 6) is 0.0710. The maximum atomic E-state index is 8.74. The number of amidine groups is 1. The first-order chi connectivity index (χ1) is 7.93. The van der Waals surface area contributed by atoms with E-state index in [2.05, 4.69) is 30.9 Å². The zero-order valence-corrected chi connectivity index (χ0v) is 10.2. The number of rotatable bonds is 1. The van der Waals surface area contributed by atoms with E-state index in [1.54, 1.807) is 6.07 Å². The highest BCUT2D eigenvalue weighted by Gasteiger charge is 2.19. The van der Waals surface area contributed by atoms with E-state index < -0.39 is 0 Å². The quantitative estimate of drug-likeness (QED) is 0.340. The second-order valence-corrected chi connectivity index (χ2v) is 5.01. The van der Waals surface area contributed by atoms with Crippen LogP contribution in [0.2, 0.25) is 0 Å². The SMILES string of the molecule is CC(C)(C)c1cn2cccc(C(N)=NO)c2n1. The van der Waals surface area contributed by atoms with Crippen molar-refractivity contribution >= 4 is 11.5 Å². The number of nitrogens with zero attached hydrogens (tertiary/aromatic N) is 3. The van der Waals surface area contributed by atoms with Crippen LogP contribution in [0.15, 0.2) is 29.7 Å². The smallest absolute Gasteiger partial charge is 0.173 e. The van der Waals surface area contributed by atoms with Gasteiger partial charge in [-0.05, 0) is 12.1 Å². The fraction of sp³-hybridized carbons (Fsp3) is 0.333. The van der Waals surface area contributed by atoms with Gasteiger partial charge in [-0.2, -0.15) is 0 Å². The topological polar surface area (TPSA) is 75.9 Å². The molecule has 5 nitrogen and oxygen atoms in total. The number of aromatic nitrogens is 2. The van der Waals surface area contributed by atoms with Gasteiger partial charge >= 0.3 is 0 Å². The predicted molar refractivity (Wildman–Crippen MR) is 66.4 cm³/mol. The Hall–Kier alpha value is -2.04. The standard InChI is InChI=1S/C12H16N4O/c1-12(2,3)9-7-16-6-4-5-8(10(13)15-17)11(16)14-9/h4-7,17H,1-3H3,(H2,13,15). The molecule has 0 radical (unpaired) electrons. The van der Waals surface area contributed by atoms with Crippen molar-refractivity contribution in [2.45, 2.75) is 26.2 Å². The third-order valence-corrected chi connectivity index (χ3v) is 2.63. The summed E-state index contributed by atoms with van der Waals surface area (Å²) in [5, 5.41) is 11.8. The van der Waals surface area contributed by atoms with Crippen molar-refractivity contribution < 1.29 is 5.21 Å². The molecule has 0 bridgehead atoms. The number of hydrogen-bond donors (Lipinski definition) is 2. The summed E-state index contributed by atoms with van der Waals surface area (Å²) in [4.78, 5) is 4.54. The molecule has 90 valence electrons. The molecule has 0 atom stereocenters. The van der Waals surface area contributed by atoms with E-state index in [0.29, 0.717) is 11.2 Å². The second kappa shape index (κ2) is 3.76. The molecule has 2 aromatic heterocycles. The third kappa shape index (κ3) is 1.95. The maximum Gasteiger partial charge on any atom is 0.173 e. The van der Waals surface area contributed by atoms with Gasteiger partial charge in [0, 0.05) is 17.8 Å². The van der Waals surface area contributed by atoms with Gasteiger partial charge in [0.2, 0.25) is 0 Å². The minimum absolute atomic E-state index is 0.0333. The van der Waals surface area contributed by atoms with Crippen molar-refractivity contribution in [1.82, 2.24) is 9.38 Å². The Morgan fingerprint density at radius 2 is 2.18 bits per heavy atom. The molecule has 0 aromatic carbocycles. The molecule has 5 heteroatoms. The Balaban J connectivity index is 2.69. The molecule has 0 saturated carbocycles. The Morgan fingerprint density at radius 1 is 1.47 bits per heavy atom. The molecular weight excluding hydrogens is 216 g/mol. The highest BCUT2D eigenvalue weighted by molar-refractivity contribution is 6.02. The van der Waals surface area contributed by atoms with Crippen LogP contribution in [0.25, 0.3) is 5.65 Å². The summed E-state index contributed by atoms with van der Waals surface area (Å²) < 4.78 is 1.88. The van der Waals surface area contributed by atoms with Gasteiger partial charge in [-0.1, -0.05) is 25.9 Å². The highest BCUT2D eigenvalue weighted by Crippen LogP contribution is 2.22. The van der Waals surface area contributed by atoms with Crippen LogP contribution in [0, 0.1) is 0 Å². The van der Waals surface area contributed by atoms with Crippen LogP contribution in [-0.2, 0) is 5.41 Å². The molecule has 0 saturated heterocycles. The van der Waals surface area contributed by atoms with E-state index >= 15 is 0 Å². The number of imidazole rings is 1. The molecule has 0 aliphatic carbocycles. The molecule has 2 rings (SSSR count). The van der Waals surface area contributed by atoms with E-state index in [-0.39, 0.29) is 11.3 Å². The fourth-order valence-electron chi connectivity index (χ4n) is 1.63. The Kier molecular flexibility index (Phi) is 2.53. The van der Waals surface area contributed by atoms with E-state index in [4.69, 9.17) is 10.9 Å². The predicted octanol–water partition coefficient (Wildman–Crippen LogP) is 1.73. The van der Waals surface area contributed by atoms with Crippen LogP contribution in [0.3, 0.4) is 0 Å². The summed E-state index contributed by atoms with van der Waals surface area (Å²) in [6.07, 6.45) is 3.86. The monoisotopic (exact) mass is 232 g/mol. The van der Waals surface area contributed by atoms with E-state index in [0.717, 1.165) is 5.69 Å².